The number of hydrogen-bond donors (Lipinski definition) is 0. The first-order valence-corrected chi connectivity index (χ1v) is 8.78. The molecule has 0 N–H and O–H groups in total. The van der Waals surface area contributed by atoms with Crippen LogP contribution < -0.4 is 0 Å². The molecule has 3 heterocycles. The van der Waals surface area contributed by atoms with Gasteiger partial charge in [0.2, 0.25) is 0 Å². The van der Waals surface area contributed by atoms with E-state index in [2.05, 4.69) is 10.2 Å². The largest absolute Gasteiger partial charge is 0.374 e. The zero-order chi connectivity index (χ0) is 17.8. The van der Waals surface area contributed by atoms with E-state index in [-0.39, 0.29) is 12.0 Å². The van der Waals surface area contributed by atoms with Gasteiger partial charge in [0.1, 0.15) is 0 Å². The van der Waals surface area contributed by atoms with E-state index in [0.717, 1.165) is 12.1 Å². The van der Waals surface area contributed by atoms with Crippen molar-refractivity contribution in [2.75, 3.05) is 19.7 Å². The topological polar surface area (TPSA) is 65.2 Å². The molecule has 0 aliphatic carbocycles. The van der Waals surface area contributed by atoms with Gasteiger partial charge in [0.15, 0.2) is 0 Å². The Hall–Kier alpha value is -2.93. The van der Waals surface area contributed by atoms with E-state index in [1.807, 2.05) is 58.4 Å². The van der Waals surface area contributed by atoms with E-state index in [0.29, 0.717) is 31.8 Å². The molecule has 7 nitrogen and oxygen atoms in total. The average molecular weight is 351 g/mol. The number of hydrogen-bond acceptors (Lipinski definition) is 4. The van der Waals surface area contributed by atoms with E-state index < -0.39 is 0 Å². The van der Waals surface area contributed by atoms with Crippen LogP contribution in [0.3, 0.4) is 0 Å². The number of amides is 1. The van der Waals surface area contributed by atoms with Crippen LogP contribution in [-0.2, 0) is 11.3 Å². The second kappa shape index (κ2) is 7.53. The Morgan fingerprint density at radius 3 is 2.85 bits per heavy atom. The second-order valence-corrected chi connectivity index (χ2v) is 6.33. The lowest BCUT2D eigenvalue weighted by Crippen LogP contribution is -2.38. The first-order chi connectivity index (χ1) is 12.8. The normalized spacial score (nSPS) is 17.8. The monoisotopic (exact) mass is 351 g/mol. The Bertz CT molecular complexity index is 845. The predicted octanol–water partition coefficient (Wildman–Crippen LogP) is 2.00. The molecular weight excluding hydrogens is 330 g/mol. The molecule has 1 aromatic carbocycles. The maximum absolute atomic E-state index is 13.0. The van der Waals surface area contributed by atoms with Gasteiger partial charge in [-0.3, -0.25) is 9.48 Å². The van der Waals surface area contributed by atoms with Crippen LogP contribution in [-0.4, -0.2) is 56.2 Å². The Balaban J connectivity index is 1.50. The summed E-state index contributed by atoms with van der Waals surface area (Å²) in [4.78, 5) is 14.9. The third-order valence-electron chi connectivity index (χ3n) is 4.45. The van der Waals surface area contributed by atoms with Crippen molar-refractivity contribution >= 4 is 5.91 Å². The lowest BCUT2D eigenvalue weighted by molar-refractivity contribution is 0.0367. The molecule has 0 saturated carbocycles. The van der Waals surface area contributed by atoms with Crippen molar-refractivity contribution in [3.05, 3.63) is 66.7 Å². The first-order valence-electron chi connectivity index (χ1n) is 8.78. The quantitative estimate of drug-likeness (QED) is 0.721. The van der Waals surface area contributed by atoms with Crippen molar-refractivity contribution in [3.8, 4) is 5.69 Å². The molecular formula is C19H21N5O2. The summed E-state index contributed by atoms with van der Waals surface area (Å²) in [7, 11) is 0. The number of carbonyl (C=O) groups excluding carboxylic acids is 1. The van der Waals surface area contributed by atoms with E-state index in [4.69, 9.17) is 4.74 Å². The molecule has 134 valence electrons. The molecule has 1 fully saturated rings. The van der Waals surface area contributed by atoms with E-state index in [1.165, 1.54) is 0 Å². The maximum atomic E-state index is 13.0. The van der Waals surface area contributed by atoms with Gasteiger partial charge in [0.05, 0.1) is 18.3 Å². The third-order valence-corrected chi connectivity index (χ3v) is 4.45. The van der Waals surface area contributed by atoms with Crippen LogP contribution in [0, 0.1) is 0 Å². The number of rotatable bonds is 4. The zero-order valence-corrected chi connectivity index (χ0v) is 14.4. The molecule has 1 aliphatic rings. The van der Waals surface area contributed by atoms with Crippen LogP contribution in [0.25, 0.3) is 5.69 Å². The van der Waals surface area contributed by atoms with Gasteiger partial charge >= 0.3 is 0 Å². The highest BCUT2D eigenvalue weighted by Gasteiger charge is 2.24. The fourth-order valence-corrected chi connectivity index (χ4v) is 3.19. The van der Waals surface area contributed by atoms with E-state index in [1.54, 1.807) is 17.1 Å². The number of carbonyl (C=O) groups is 1. The first kappa shape index (κ1) is 16.5. The van der Waals surface area contributed by atoms with Gasteiger partial charge < -0.3 is 9.64 Å². The van der Waals surface area contributed by atoms with Gasteiger partial charge in [0, 0.05) is 50.0 Å². The molecule has 0 bridgehead atoms. The fraction of sp³-hybridized carbons (Fsp3) is 0.316. The molecule has 0 spiro atoms. The third kappa shape index (κ3) is 3.67. The molecule has 1 atom stereocenters. The molecule has 0 radical (unpaired) electrons. The van der Waals surface area contributed by atoms with Gasteiger partial charge in [-0.15, -0.1) is 0 Å². The predicted molar refractivity (Wildman–Crippen MR) is 96.1 cm³/mol. The zero-order valence-electron chi connectivity index (χ0n) is 14.4. The Kier molecular flexibility index (Phi) is 4.79. The van der Waals surface area contributed by atoms with Crippen LogP contribution in [0.15, 0.2) is 61.2 Å². The Morgan fingerprint density at radius 1 is 1.15 bits per heavy atom. The summed E-state index contributed by atoms with van der Waals surface area (Å²) < 4.78 is 9.50. The Morgan fingerprint density at radius 2 is 2.04 bits per heavy atom. The number of nitrogens with zero attached hydrogens (tertiary/aromatic N) is 5. The van der Waals surface area contributed by atoms with Crippen LogP contribution in [0.5, 0.6) is 0 Å². The van der Waals surface area contributed by atoms with Crippen LogP contribution in [0.1, 0.15) is 16.8 Å². The summed E-state index contributed by atoms with van der Waals surface area (Å²) in [5.41, 5.74) is 1.54. The summed E-state index contributed by atoms with van der Waals surface area (Å²) in [6, 6.07) is 11.3. The molecule has 3 aromatic rings. The van der Waals surface area contributed by atoms with E-state index >= 15 is 0 Å². The Labute approximate surface area is 151 Å². The number of ether oxygens (including phenoxy) is 1. The summed E-state index contributed by atoms with van der Waals surface area (Å²) in [6.07, 6.45) is 8.02. The summed E-state index contributed by atoms with van der Waals surface area (Å²) in [6.45, 7) is 2.55. The minimum absolute atomic E-state index is 0.0231. The highest BCUT2D eigenvalue weighted by atomic mass is 16.5. The van der Waals surface area contributed by atoms with Crippen LogP contribution >= 0.6 is 0 Å². The van der Waals surface area contributed by atoms with Crippen molar-refractivity contribution in [2.45, 2.75) is 19.1 Å². The van der Waals surface area contributed by atoms with Crippen molar-refractivity contribution < 1.29 is 9.53 Å². The standard InChI is InChI=1S/C19H21N5O2/c25-19(16-5-1-6-17(13-16)24-11-3-8-21-24)22-9-4-12-26-18(14-22)15-23-10-2-7-20-23/h1-3,5-8,10-11,13,18H,4,9,12,14-15H2/t18-/m1/s1. The van der Waals surface area contributed by atoms with Crippen LogP contribution in [0.2, 0.25) is 0 Å². The van der Waals surface area contributed by atoms with Gasteiger partial charge in [-0.1, -0.05) is 6.07 Å². The molecule has 7 heteroatoms. The number of aromatic nitrogens is 4. The summed E-state index contributed by atoms with van der Waals surface area (Å²) in [5.74, 6) is 0.0231. The van der Waals surface area contributed by atoms with Crippen molar-refractivity contribution in [1.82, 2.24) is 24.5 Å². The second-order valence-electron chi connectivity index (χ2n) is 6.33. The highest BCUT2D eigenvalue weighted by Crippen LogP contribution is 2.15. The van der Waals surface area contributed by atoms with Gasteiger partial charge in [-0.05, 0) is 36.8 Å². The lowest BCUT2D eigenvalue weighted by Gasteiger charge is -2.24. The molecule has 2 aromatic heterocycles. The molecule has 1 saturated heterocycles. The SMILES string of the molecule is O=C(c1cccc(-n2cccn2)c1)N1CCCO[C@@H](Cn2cccn2)C1. The summed E-state index contributed by atoms with van der Waals surface area (Å²) >= 11 is 0. The molecule has 1 amide bonds. The maximum Gasteiger partial charge on any atom is 0.254 e. The lowest BCUT2D eigenvalue weighted by atomic mass is 10.1. The smallest absolute Gasteiger partial charge is 0.254 e. The minimum Gasteiger partial charge on any atom is -0.374 e. The van der Waals surface area contributed by atoms with Crippen molar-refractivity contribution in [2.24, 2.45) is 0 Å². The van der Waals surface area contributed by atoms with E-state index in [9.17, 15) is 4.79 Å². The van der Waals surface area contributed by atoms with Gasteiger partial charge in [-0.25, -0.2) is 4.68 Å². The van der Waals surface area contributed by atoms with Gasteiger partial charge in [0.25, 0.3) is 5.91 Å². The molecule has 4 rings (SSSR count). The number of benzene rings is 1. The molecule has 26 heavy (non-hydrogen) atoms. The highest BCUT2D eigenvalue weighted by molar-refractivity contribution is 5.94. The molecule has 0 unspecified atom stereocenters. The van der Waals surface area contributed by atoms with Gasteiger partial charge in [-0.2, -0.15) is 10.2 Å². The average Bonchev–Trinajstić information content (AvgIpc) is 3.33. The summed E-state index contributed by atoms with van der Waals surface area (Å²) in [5, 5.41) is 8.46. The molecule has 1 aliphatic heterocycles. The van der Waals surface area contributed by atoms with Crippen molar-refractivity contribution in [3.63, 3.8) is 0 Å². The van der Waals surface area contributed by atoms with Crippen molar-refractivity contribution in [1.29, 1.82) is 0 Å². The van der Waals surface area contributed by atoms with Crippen LogP contribution in [0.4, 0.5) is 0 Å². The minimum atomic E-state index is -0.0596. The fourth-order valence-electron chi connectivity index (χ4n) is 3.19.